The van der Waals surface area contributed by atoms with Crippen LogP contribution in [0.1, 0.15) is 20.8 Å². The first kappa shape index (κ1) is 15.3. The van der Waals surface area contributed by atoms with Gasteiger partial charge in [-0.2, -0.15) is 0 Å². The number of nitrogens with one attached hydrogen (secondary N) is 1. The number of anilines is 2. The van der Waals surface area contributed by atoms with Gasteiger partial charge >= 0.3 is 0 Å². The van der Waals surface area contributed by atoms with E-state index >= 15 is 0 Å². The summed E-state index contributed by atoms with van der Waals surface area (Å²) in [6, 6.07) is 7.50. The van der Waals surface area contributed by atoms with Gasteiger partial charge in [0.05, 0.1) is 18.5 Å². The zero-order valence-corrected chi connectivity index (χ0v) is 14.0. The Morgan fingerprint density at radius 1 is 1.30 bits per heavy atom. The van der Waals surface area contributed by atoms with Crippen molar-refractivity contribution in [3.8, 4) is 5.75 Å². The van der Waals surface area contributed by atoms with Crippen LogP contribution in [0.5, 0.6) is 5.75 Å². The number of hydrogen-bond acceptors (Lipinski definition) is 5. The van der Waals surface area contributed by atoms with E-state index in [-0.39, 0.29) is 5.91 Å². The van der Waals surface area contributed by atoms with Gasteiger partial charge in [0.2, 0.25) is 0 Å². The number of aromatic nitrogens is 1. The Morgan fingerprint density at radius 3 is 2.78 bits per heavy atom. The third-order valence-electron chi connectivity index (χ3n) is 3.65. The number of nitrogen functional groups attached to an aromatic ring is 1. The highest BCUT2D eigenvalue weighted by molar-refractivity contribution is 7.21. The minimum absolute atomic E-state index is 0.256. The van der Waals surface area contributed by atoms with Gasteiger partial charge in [-0.3, -0.25) is 4.79 Å². The zero-order chi connectivity index (χ0) is 16.6. The molecule has 3 N–H and O–H groups in total. The number of nitrogens with two attached hydrogens (primary N) is 1. The number of methoxy groups -OCH3 is 1. The smallest absolute Gasteiger partial charge is 0.268 e. The molecule has 0 bridgehead atoms. The third kappa shape index (κ3) is 2.73. The van der Waals surface area contributed by atoms with Crippen LogP contribution in [0.3, 0.4) is 0 Å². The average molecular weight is 327 g/mol. The van der Waals surface area contributed by atoms with Crippen LogP contribution in [-0.4, -0.2) is 18.0 Å². The van der Waals surface area contributed by atoms with E-state index < -0.39 is 0 Å². The number of carbonyl (C=O) groups is 1. The van der Waals surface area contributed by atoms with Crippen LogP contribution in [-0.2, 0) is 0 Å². The number of thiophene rings is 1. The van der Waals surface area contributed by atoms with Gasteiger partial charge in [-0.05, 0) is 43.2 Å². The fourth-order valence-corrected chi connectivity index (χ4v) is 3.51. The maximum Gasteiger partial charge on any atom is 0.268 e. The highest BCUT2D eigenvalue weighted by Crippen LogP contribution is 2.35. The van der Waals surface area contributed by atoms with Gasteiger partial charge in [0.1, 0.15) is 15.5 Å². The van der Waals surface area contributed by atoms with E-state index in [0.29, 0.717) is 22.0 Å². The maximum atomic E-state index is 12.6. The average Bonchev–Trinajstić information content (AvgIpc) is 2.86. The van der Waals surface area contributed by atoms with Crippen LogP contribution >= 0.6 is 11.3 Å². The summed E-state index contributed by atoms with van der Waals surface area (Å²) >= 11 is 1.29. The monoisotopic (exact) mass is 327 g/mol. The number of carbonyl (C=O) groups excluding carboxylic acids is 1. The molecule has 23 heavy (non-hydrogen) atoms. The molecule has 0 radical (unpaired) electrons. The highest BCUT2D eigenvalue weighted by Gasteiger charge is 2.19. The maximum absolute atomic E-state index is 12.6. The van der Waals surface area contributed by atoms with E-state index in [0.717, 1.165) is 21.3 Å². The molecular weight excluding hydrogens is 310 g/mol. The lowest BCUT2D eigenvalue weighted by Crippen LogP contribution is -2.13. The van der Waals surface area contributed by atoms with Crippen molar-refractivity contribution in [1.29, 1.82) is 0 Å². The molecule has 0 unspecified atom stereocenters. The molecule has 118 valence electrons. The van der Waals surface area contributed by atoms with E-state index in [1.54, 1.807) is 13.3 Å². The SMILES string of the molecule is COc1ccc(C)cc1NC(=O)c1sc2nccc(C)c2c1N. The number of hydrogen-bond donors (Lipinski definition) is 2. The number of aryl methyl sites for hydroxylation is 2. The van der Waals surface area contributed by atoms with Crippen LogP contribution in [0.2, 0.25) is 0 Å². The summed E-state index contributed by atoms with van der Waals surface area (Å²) < 4.78 is 5.29. The number of pyridine rings is 1. The summed E-state index contributed by atoms with van der Waals surface area (Å²) in [6.07, 6.45) is 1.72. The molecule has 0 spiro atoms. The van der Waals surface area contributed by atoms with Crippen molar-refractivity contribution in [1.82, 2.24) is 4.98 Å². The van der Waals surface area contributed by atoms with Gasteiger partial charge < -0.3 is 15.8 Å². The predicted octanol–water partition coefficient (Wildman–Crippen LogP) is 3.76. The molecule has 0 aliphatic heterocycles. The Bertz CT molecular complexity index is 902. The summed E-state index contributed by atoms with van der Waals surface area (Å²) in [5, 5.41) is 3.72. The molecule has 2 heterocycles. The lowest BCUT2D eigenvalue weighted by molar-refractivity contribution is 0.103. The number of amides is 1. The van der Waals surface area contributed by atoms with Crippen molar-refractivity contribution < 1.29 is 9.53 Å². The van der Waals surface area contributed by atoms with Gasteiger partial charge in [0.15, 0.2) is 0 Å². The second-order valence-corrected chi connectivity index (χ2v) is 6.31. The van der Waals surface area contributed by atoms with E-state index in [2.05, 4.69) is 10.3 Å². The summed E-state index contributed by atoms with van der Waals surface area (Å²) in [6.45, 7) is 3.91. The molecule has 3 aromatic rings. The summed E-state index contributed by atoms with van der Waals surface area (Å²) in [5.74, 6) is 0.353. The fraction of sp³-hybridized carbons (Fsp3) is 0.176. The van der Waals surface area contributed by atoms with Crippen molar-refractivity contribution in [3.63, 3.8) is 0 Å². The molecule has 1 aromatic carbocycles. The highest BCUT2D eigenvalue weighted by atomic mass is 32.1. The van der Waals surface area contributed by atoms with Crippen molar-refractivity contribution in [2.75, 3.05) is 18.2 Å². The zero-order valence-electron chi connectivity index (χ0n) is 13.1. The minimum atomic E-state index is -0.256. The number of fused-ring (bicyclic) bond motifs is 1. The molecule has 2 aromatic heterocycles. The van der Waals surface area contributed by atoms with Gasteiger partial charge in [-0.1, -0.05) is 6.07 Å². The van der Waals surface area contributed by atoms with Crippen molar-refractivity contribution >= 4 is 38.8 Å². The number of nitrogens with zero attached hydrogens (tertiary/aromatic N) is 1. The molecule has 0 saturated heterocycles. The Morgan fingerprint density at radius 2 is 2.09 bits per heavy atom. The van der Waals surface area contributed by atoms with Gasteiger partial charge in [-0.25, -0.2) is 4.98 Å². The fourth-order valence-electron chi connectivity index (χ4n) is 2.47. The Balaban J connectivity index is 2.00. The van der Waals surface area contributed by atoms with E-state index in [4.69, 9.17) is 10.5 Å². The molecule has 1 amide bonds. The first-order valence-electron chi connectivity index (χ1n) is 7.11. The van der Waals surface area contributed by atoms with Crippen LogP contribution in [0.15, 0.2) is 30.5 Å². The summed E-state index contributed by atoms with van der Waals surface area (Å²) in [7, 11) is 1.57. The largest absolute Gasteiger partial charge is 0.495 e. The molecule has 0 atom stereocenters. The molecule has 0 aliphatic rings. The molecule has 0 saturated carbocycles. The normalized spacial score (nSPS) is 10.7. The minimum Gasteiger partial charge on any atom is -0.495 e. The van der Waals surface area contributed by atoms with Crippen molar-refractivity contribution in [2.45, 2.75) is 13.8 Å². The predicted molar refractivity (Wildman–Crippen MR) is 94.5 cm³/mol. The first-order valence-corrected chi connectivity index (χ1v) is 7.92. The van der Waals surface area contributed by atoms with Gasteiger partial charge in [0.25, 0.3) is 5.91 Å². The number of rotatable bonds is 3. The van der Waals surface area contributed by atoms with Gasteiger partial charge in [-0.15, -0.1) is 11.3 Å². The molecule has 3 rings (SSSR count). The molecule has 0 aliphatic carbocycles. The van der Waals surface area contributed by atoms with Crippen LogP contribution in [0.25, 0.3) is 10.2 Å². The topological polar surface area (TPSA) is 77.2 Å². The second kappa shape index (κ2) is 5.89. The van der Waals surface area contributed by atoms with E-state index in [1.165, 1.54) is 11.3 Å². The van der Waals surface area contributed by atoms with E-state index in [1.807, 2.05) is 38.1 Å². The van der Waals surface area contributed by atoms with Crippen LogP contribution < -0.4 is 15.8 Å². The quantitative estimate of drug-likeness (QED) is 0.768. The molecular formula is C17H17N3O2S. The molecule has 0 fully saturated rings. The Kier molecular flexibility index (Phi) is 3.92. The standard InChI is InChI=1S/C17H17N3O2S/c1-9-4-5-12(22-3)11(8-9)20-16(21)15-14(18)13-10(2)6-7-19-17(13)23-15/h4-8H,18H2,1-3H3,(H,20,21). The van der Waals surface area contributed by atoms with E-state index in [9.17, 15) is 4.79 Å². The number of benzene rings is 1. The van der Waals surface area contributed by atoms with Crippen LogP contribution in [0, 0.1) is 13.8 Å². The second-order valence-electron chi connectivity index (χ2n) is 5.31. The number of ether oxygens (including phenoxy) is 1. The summed E-state index contributed by atoms with van der Waals surface area (Å²) in [4.78, 5) is 18.2. The first-order chi connectivity index (χ1) is 11.0. The van der Waals surface area contributed by atoms with Crippen molar-refractivity contribution in [3.05, 3.63) is 46.5 Å². The Labute approximate surface area is 138 Å². The van der Waals surface area contributed by atoms with Crippen molar-refractivity contribution in [2.24, 2.45) is 0 Å². The lowest BCUT2D eigenvalue weighted by atomic mass is 10.1. The summed E-state index contributed by atoms with van der Waals surface area (Å²) in [5.41, 5.74) is 9.31. The molecule has 6 heteroatoms. The van der Waals surface area contributed by atoms with Crippen LogP contribution in [0.4, 0.5) is 11.4 Å². The van der Waals surface area contributed by atoms with Gasteiger partial charge in [0, 0.05) is 11.6 Å². The Hall–Kier alpha value is -2.60. The molecule has 5 nitrogen and oxygen atoms in total. The lowest BCUT2D eigenvalue weighted by Gasteiger charge is -2.10. The third-order valence-corrected chi connectivity index (χ3v) is 4.76.